The maximum Gasteiger partial charge on any atom is 0.255 e. The number of amides is 2. The van der Waals surface area contributed by atoms with Gasteiger partial charge in [-0.2, -0.15) is 0 Å². The number of H-pyrrole nitrogens is 1. The number of nitrogens with one attached hydrogen (secondary N) is 1. The maximum absolute atomic E-state index is 12.8. The summed E-state index contributed by atoms with van der Waals surface area (Å²) in [7, 11) is 0. The number of aromatic amines is 1. The van der Waals surface area contributed by atoms with E-state index in [9.17, 15) is 9.59 Å². The summed E-state index contributed by atoms with van der Waals surface area (Å²) < 4.78 is 5.78. The van der Waals surface area contributed by atoms with Gasteiger partial charge in [0.15, 0.2) is 0 Å². The summed E-state index contributed by atoms with van der Waals surface area (Å²) in [6.45, 7) is 2.07. The molecule has 1 aromatic rings. The third kappa shape index (κ3) is 2.83. The van der Waals surface area contributed by atoms with Gasteiger partial charge in [-0.1, -0.05) is 0 Å². The Balaban J connectivity index is 1.38. The van der Waals surface area contributed by atoms with Gasteiger partial charge in [-0.05, 0) is 50.0 Å². The highest BCUT2D eigenvalue weighted by Gasteiger charge is 2.40. The largest absolute Gasteiger partial charge is 0.377 e. The van der Waals surface area contributed by atoms with Crippen molar-refractivity contribution in [1.82, 2.24) is 9.88 Å². The van der Waals surface area contributed by atoms with Crippen LogP contribution in [0.4, 0.5) is 0 Å². The topological polar surface area (TPSA) is 88.4 Å². The molecule has 1 aromatic heterocycles. The third-order valence-electron chi connectivity index (χ3n) is 5.79. The molecule has 0 unspecified atom stereocenters. The first-order chi connectivity index (χ1) is 11.6. The Bertz CT molecular complexity index is 629. The van der Waals surface area contributed by atoms with E-state index in [1.165, 1.54) is 12.8 Å². The number of ether oxygens (including phenoxy) is 1. The van der Waals surface area contributed by atoms with E-state index in [1.54, 1.807) is 0 Å². The molecule has 2 atom stereocenters. The highest BCUT2D eigenvalue weighted by atomic mass is 16.5. The highest BCUT2D eigenvalue weighted by Crippen LogP contribution is 2.41. The summed E-state index contributed by atoms with van der Waals surface area (Å²) in [6, 6.07) is 1.91. The predicted octanol–water partition coefficient (Wildman–Crippen LogP) is 1.63. The van der Waals surface area contributed by atoms with Crippen molar-refractivity contribution in [3.8, 4) is 0 Å². The highest BCUT2D eigenvalue weighted by molar-refractivity contribution is 5.95. The molecule has 24 heavy (non-hydrogen) atoms. The monoisotopic (exact) mass is 331 g/mol. The molecule has 1 aliphatic carbocycles. The van der Waals surface area contributed by atoms with Crippen LogP contribution in [-0.4, -0.2) is 47.5 Å². The van der Waals surface area contributed by atoms with Crippen molar-refractivity contribution in [2.75, 3.05) is 19.7 Å². The summed E-state index contributed by atoms with van der Waals surface area (Å²) in [4.78, 5) is 29.6. The van der Waals surface area contributed by atoms with Crippen molar-refractivity contribution in [1.29, 1.82) is 0 Å². The van der Waals surface area contributed by atoms with E-state index in [1.807, 2.05) is 17.2 Å². The fourth-order valence-corrected chi connectivity index (χ4v) is 4.26. The minimum absolute atomic E-state index is 0.0611. The molecule has 3 heterocycles. The molecule has 6 nitrogen and oxygen atoms in total. The van der Waals surface area contributed by atoms with Gasteiger partial charge in [-0.3, -0.25) is 9.59 Å². The Morgan fingerprint density at radius 1 is 1.17 bits per heavy atom. The molecule has 2 saturated heterocycles. The third-order valence-corrected chi connectivity index (χ3v) is 5.79. The normalized spacial score (nSPS) is 28.2. The lowest BCUT2D eigenvalue weighted by atomic mass is 9.84. The van der Waals surface area contributed by atoms with Gasteiger partial charge in [-0.25, -0.2) is 0 Å². The second-order valence-electron chi connectivity index (χ2n) is 7.34. The summed E-state index contributed by atoms with van der Waals surface area (Å²) in [6.07, 6.45) is 6.65. The van der Waals surface area contributed by atoms with Crippen molar-refractivity contribution < 1.29 is 14.3 Å². The zero-order valence-electron chi connectivity index (χ0n) is 13.9. The van der Waals surface area contributed by atoms with E-state index >= 15 is 0 Å². The van der Waals surface area contributed by atoms with Crippen LogP contribution < -0.4 is 5.73 Å². The Kier molecular flexibility index (Phi) is 4.08. The summed E-state index contributed by atoms with van der Waals surface area (Å²) in [5, 5.41) is 0. The average molecular weight is 331 g/mol. The molecule has 3 aliphatic rings. The van der Waals surface area contributed by atoms with E-state index in [2.05, 4.69) is 4.98 Å². The van der Waals surface area contributed by atoms with Gasteiger partial charge < -0.3 is 20.4 Å². The van der Waals surface area contributed by atoms with Gasteiger partial charge in [0.2, 0.25) is 5.91 Å². The Labute approximate surface area is 141 Å². The quantitative estimate of drug-likeness (QED) is 0.879. The second kappa shape index (κ2) is 6.24. The van der Waals surface area contributed by atoms with Crippen LogP contribution in [0.2, 0.25) is 0 Å². The summed E-state index contributed by atoms with van der Waals surface area (Å²) >= 11 is 0. The molecule has 1 saturated carbocycles. The first-order valence-corrected chi connectivity index (χ1v) is 9.02. The van der Waals surface area contributed by atoms with Crippen LogP contribution in [0.3, 0.4) is 0 Å². The SMILES string of the molecule is NC(=O)[C@H]1CCO[C@@H]1C1CCN(C(=O)c2cc[nH]c2C2CC2)CC1. The fourth-order valence-electron chi connectivity index (χ4n) is 4.26. The number of hydrogen-bond donors (Lipinski definition) is 2. The first kappa shape index (κ1) is 15.7. The van der Waals surface area contributed by atoms with Crippen LogP contribution in [0.5, 0.6) is 0 Å². The van der Waals surface area contributed by atoms with E-state index in [0.29, 0.717) is 18.4 Å². The van der Waals surface area contributed by atoms with Crippen molar-refractivity contribution >= 4 is 11.8 Å². The number of aromatic nitrogens is 1. The van der Waals surface area contributed by atoms with Crippen LogP contribution in [-0.2, 0) is 9.53 Å². The molecular formula is C18H25N3O3. The molecule has 0 radical (unpaired) electrons. The van der Waals surface area contributed by atoms with E-state index in [4.69, 9.17) is 10.5 Å². The number of rotatable bonds is 4. The van der Waals surface area contributed by atoms with Gasteiger partial charge in [0.1, 0.15) is 0 Å². The zero-order chi connectivity index (χ0) is 16.7. The van der Waals surface area contributed by atoms with E-state index in [0.717, 1.165) is 43.6 Å². The van der Waals surface area contributed by atoms with Gasteiger partial charge in [-0.15, -0.1) is 0 Å². The number of carbonyl (C=O) groups excluding carboxylic acids is 2. The Hall–Kier alpha value is -1.82. The number of likely N-dealkylation sites (tertiary alicyclic amines) is 1. The molecule has 0 spiro atoms. The lowest BCUT2D eigenvalue weighted by Crippen LogP contribution is -2.44. The van der Waals surface area contributed by atoms with Crippen LogP contribution in [0.25, 0.3) is 0 Å². The number of primary amides is 1. The second-order valence-corrected chi connectivity index (χ2v) is 7.34. The van der Waals surface area contributed by atoms with Crippen molar-refractivity contribution in [3.63, 3.8) is 0 Å². The minimum Gasteiger partial charge on any atom is -0.377 e. The Morgan fingerprint density at radius 3 is 2.58 bits per heavy atom. The van der Waals surface area contributed by atoms with Crippen LogP contribution in [0.1, 0.15) is 54.1 Å². The molecule has 3 N–H and O–H groups in total. The van der Waals surface area contributed by atoms with Gasteiger partial charge >= 0.3 is 0 Å². The number of nitrogens with zero attached hydrogens (tertiary/aromatic N) is 1. The van der Waals surface area contributed by atoms with Gasteiger partial charge in [0, 0.05) is 31.6 Å². The number of carbonyl (C=O) groups is 2. The van der Waals surface area contributed by atoms with Crippen molar-refractivity contribution in [3.05, 3.63) is 23.5 Å². The summed E-state index contributed by atoms with van der Waals surface area (Å²) in [5.74, 6) is 0.582. The lowest BCUT2D eigenvalue weighted by molar-refractivity contribution is -0.124. The van der Waals surface area contributed by atoms with E-state index < -0.39 is 0 Å². The molecule has 3 fully saturated rings. The fraction of sp³-hybridized carbons (Fsp3) is 0.667. The van der Waals surface area contributed by atoms with Crippen molar-refractivity contribution in [2.45, 2.75) is 44.1 Å². The number of hydrogen-bond acceptors (Lipinski definition) is 3. The molecule has 2 amide bonds. The average Bonchev–Trinajstić information content (AvgIpc) is 3.13. The van der Waals surface area contributed by atoms with Gasteiger partial charge in [0.25, 0.3) is 5.91 Å². The zero-order valence-corrected chi connectivity index (χ0v) is 13.9. The Morgan fingerprint density at radius 2 is 1.92 bits per heavy atom. The van der Waals surface area contributed by atoms with Crippen LogP contribution in [0, 0.1) is 11.8 Å². The summed E-state index contributed by atoms with van der Waals surface area (Å²) in [5.41, 5.74) is 7.44. The molecule has 4 rings (SSSR count). The van der Waals surface area contributed by atoms with E-state index in [-0.39, 0.29) is 23.8 Å². The molecular weight excluding hydrogens is 306 g/mol. The minimum atomic E-state index is -0.252. The first-order valence-electron chi connectivity index (χ1n) is 9.02. The molecule has 2 aliphatic heterocycles. The predicted molar refractivity (Wildman–Crippen MR) is 88.4 cm³/mol. The smallest absolute Gasteiger partial charge is 0.255 e. The molecule has 0 aromatic carbocycles. The molecule has 130 valence electrons. The number of piperidine rings is 1. The van der Waals surface area contributed by atoms with Crippen molar-refractivity contribution in [2.24, 2.45) is 17.6 Å². The lowest BCUT2D eigenvalue weighted by Gasteiger charge is -2.35. The molecule has 6 heteroatoms. The van der Waals surface area contributed by atoms with Crippen LogP contribution in [0.15, 0.2) is 12.3 Å². The van der Waals surface area contributed by atoms with Gasteiger partial charge in [0.05, 0.1) is 17.6 Å². The van der Waals surface area contributed by atoms with Crippen LogP contribution >= 0.6 is 0 Å². The standard InChI is InChI=1S/C18H25N3O3/c19-17(22)14-6-10-24-16(14)12-4-8-21(9-5-12)18(23)13-3-7-20-15(13)11-1-2-11/h3,7,11-12,14,16,20H,1-2,4-6,8-10H2,(H2,19,22)/t14-,16+/m0/s1. The molecule has 0 bridgehead atoms. The maximum atomic E-state index is 12.8. The number of nitrogens with two attached hydrogens (primary N) is 1.